The first-order valence-electron chi connectivity index (χ1n) is 9.10. The fourth-order valence-corrected chi connectivity index (χ4v) is 3.05. The fourth-order valence-electron chi connectivity index (χ4n) is 2.87. The second kappa shape index (κ2) is 8.80. The molecule has 3 aromatic rings. The maximum Gasteiger partial charge on any atom is 0.255 e. The van der Waals surface area contributed by atoms with Crippen molar-refractivity contribution in [2.24, 2.45) is 0 Å². The SMILES string of the molecule is Cc1ccc(C(=O)Nc2cc(Cl)ccc2N(C)C)cc1NC(=O)c1ccccc1. The number of carbonyl (C=O) groups excluding carboxylic acids is 2. The second-order valence-electron chi connectivity index (χ2n) is 6.86. The summed E-state index contributed by atoms with van der Waals surface area (Å²) in [6.07, 6.45) is 0. The summed E-state index contributed by atoms with van der Waals surface area (Å²) in [4.78, 5) is 27.2. The van der Waals surface area contributed by atoms with E-state index in [1.54, 1.807) is 54.6 Å². The van der Waals surface area contributed by atoms with E-state index in [1.165, 1.54) is 0 Å². The molecule has 148 valence electrons. The molecule has 0 aromatic heterocycles. The van der Waals surface area contributed by atoms with E-state index < -0.39 is 0 Å². The zero-order valence-electron chi connectivity index (χ0n) is 16.5. The van der Waals surface area contributed by atoms with Crippen LogP contribution in [0.4, 0.5) is 17.1 Å². The Bertz CT molecular complexity index is 1050. The van der Waals surface area contributed by atoms with Gasteiger partial charge in [-0.15, -0.1) is 0 Å². The predicted octanol–water partition coefficient (Wildman–Crippen LogP) is 5.22. The van der Waals surface area contributed by atoms with Crippen LogP contribution < -0.4 is 15.5 Å². The minimum Gasteiger partial charge on any atom is -0.376 e. The number of aryl methyl sites for hydroxylation is 1. The summed E-state index contributed by atoms with van der Waals surface area (Å²) in [5.74, 6) is -0.512. The Labute approximate surface area is 175 Å². The van der Waals surface area contributed by atoms with E-state index >= 15 is 0 Å². The van der Waals surface area contributed by atoms with Crippen LogP contribution in [0.1, 0.15) is 26.3 Å². The van der Waals surface area contributed by atoms with Crippen molar-refractivity contribution in [3.8, 4) is 0 Å². The number of nitrogens with one attached hydrogen (secondary N) is 2. The highest BCUT2D eigenvalue weighted by molar-refractivity contribution is 6.31. The second-order valence-corrected chi connectivity index (χ2v) is 7.30. The zero-order valence-corrected chi connectivity index (χ0v) is 17.2. The maximum atomic E-state index is 12.8. The smallest absolute Gasteiger partial charge is 0.255 e. The minimum absolute atomic E-state index is 0.226. The molecule has 0 unspecified atom stereocenters. The normalized spacial score (nSPS) is 10.3. The average molecular weight is 408 g/mol. The number of amides is 2. The molecule has 0 aliphatic heterocycles. The lowest BCUT2D eigenvalue weighted by molar-refractivity contribution is 0.101. The van der Waals surface area contributed by atoms with Gasteiger partial charge in [-0.05, 0) is 55.0 Å². The molecule has 29 heavy (non-hydrogen) atoms. The standard InChI is InChI=1S/C23H22ClN3O2/c1-15-9-10-17(13-19(15)25-22(28)16-7-5-4-6-8-16)23(29)26-20-14-18(24)11-12-21(20)27(2)3/h4-14H,1-3H3,(H,25,28)(H,26,29). The van der Waals surface area contributed by atoms with Crippen LogP contribution in [0.2, 0.25) is 5.02 Å². The lowest BCUT2D eigenvalue weighted by Gasteiger charge is -2.18. The highest BCUT2D eigenvalue weighted by Gasteiger charge is 2.14. The highest BCUT2D eigenvalue weighted by atomic mass is 35.5. The Balaban J connectivity index is 1.83. The topological polar surface area (TPSA) is 61.4 Å². The van der Waals surface area contributed by atoms with Gasteiger partial charge < -0.3 is 15.5 Å². The minimum atomic E-state index is -0.287. The first-order valence-corrected chi connectivity index (χ1v) is 9.48. The molecule has 0 aliphatic carbocycles. The molecule has 6 heteroatoms. The average Bonchev–Trinajstić information content (AvgIpc) is 2.70. The van der Waals surface area contributed by atoms with Gasteiger partial charge >= 0.3 is 0 Å². The third kappa shape index (κ3) is 4.95. The van der Waals surface area contributed by atoms with E-state index in [4.69, 9.17) is 11.6 Å². The van der Waals surface area contributed by atoms with Gasteiger partial charge in [0.2, 0.25) is 0 Å². The molecule has 5 nitrogen and oxygen atoms in total. The molecule has 0 atom stereocenters. The van der Waals surface area contributed by atoms with Crippen molar-refractivity contribution in [3.05, 3.63) is 88.4 Å². The van der Waals surface area contributed by atoms with Gasteiger partial charge in [0.05, 0.1) is 11.4 Å². The highest BCUT2D eigenvalue weighted by Crippen LogP contribution is 2.28. The van der Waals surface area contributed by atoms with Gasteiger partial charge in [0.25, 0.3) is 11.8 Å². The molecule has 0 saturated carbocycles. The molecular formula is C23H22ClN3O2. The third-order valence-electron chi connectivity index (χ3n) is 4.47. The predicted molar refractivity (Wildman–Crippen MR) is 119 cm³/mol. The van der Waals surface area contributed by atoms with Gasteiger partial charge in [-0.2, -0.15) is 0 Å². The summed E-state index contributed by atoms with van der Waals surface area (Å²) in [5.41, 5.74) is 3.89. The van der Waals surface area contributed by atoms with Crippen molar-refractivity contribution in [1.82, 2.24) is 0 Å². The number of benzene rings is 3. The van der Waals surface area contributed by atoms with Crippen molar-refractivity contribution in [2.75, 3.05) is 29.6 Å². The summed E-state index contributed by atoms with van der Waals surface area (Å²) in [6.45, 7) is 1.88. The van der Waals surface area contributed by atoms with Gasteiger partial charge in [0.15, 0.2) is 0 Å². The van der Waals surface area contributed by atoms with Crippen LogP contribution >= 0.6 is 11.6 Å². The fraction of sp³-hybridized carbons (Fsp3) is 0.130. The van der Waals surface area contributed by atoms with Gasteiger partial charge in [-0.1, -0.05) is 35.9 Å². The van der Waals surface area contributed by atoms with Crippen LogP contribution in [0.25, 0.3) is 0 Å². The number of halogens is 1. The van der Waals surface area contributed by atoms with E-state index in [0.29, 0.717) is 27.5 Å². The zero-order chi connectivity index (χ0) is 21.0. The summed E-state index contributed by atoms with van der Waals surface area (Å²) >= 11 is 6.10. The molecule has 0 radical (unpaired) electrons. The number of hydrogen-bond donors (Lipinski definition) is 2. The van der Waals surface area contributed by atoms with Crippen LogP contribution in [0.3, 0.4) is 0 Å². The van der Waals surface area contributed by atoms with Gasteiger partial charge in [-0.25, -0.2) is 0 Å². The van der Waals surface area contributed by atoms with Gasteiger partial charge in [-0.3, -0.25) is 9.59 Å². The summed E-state index contributed by atoms with van der Waals surface area (Å²) in [7, 11) is 3.78. The monoisotopic (exact) mass is 407 g/mol. The number of rotatable bonds is 5. The van der Waals surface area contributed by atoms with Crippen LogP contribution in [0, 0.1) is 6.92 Å². The summed E-state index contributed by atoms with van der Waals surface area (Å²) in [5, 5.41) is 6.31. The maximum absolute atomic E-state index is 12.8. The van der Waals surface area contributed by atoms with Crippen LogP contribution in [0.15, 0.2) is 66.7 Å². The number of carbonyl (C=O) groups is 2. The van der Waals surface area contributed by atoms with Crippen molar-refractivity contribution >= 4 is 40.5 Å². The lowest BCUT2D eigenvalue weighted by Crippen LogP contribution is -2.18. The Morgan fingerprint density at radius 2 is 1.45 bits per heavy atom. The van der Waals surface area contributed by atoms with Crippen LogP contribution in [-0.2, 0) is 0 Å². The molecule has 0 aliphatic rings. The number of nitrogens with zero attached hydrogens (tertiary/aromatic N) is 1. The van der Waals surface area contributed by atoms with Gasteiger partial charge in [0.1, 0.15) is 0 Å². The Morgan fingerprint density at radius 3 is 2.14 bits per heavy atom. The Hall–Kier alpha value is -3.31. The van der Waals surface area contributed by atoms with E-state index in [-0.39, 0.29) is 11.8 Å². The van der Waals surface area contributed by atoms with E-state index in [2.05, 4.69) is 10.6 Å². The summed E-state index contributed by atoms with van der Waals surface area (Å²) in [6, 6.07) is 19.5. The largest absolute Gasteiger partial charge is 0.376 e. The number of hydrogen-bond acceptors (Lipinski definition) is 3. The Morgan fingerprint density at radius 1 is 0.793 bits per heavy atom. The van der Waals surface area contributed by atoms with E-state index in [9.17, 15) is 9.59 Å². The van der Waals surface area contributed by atoms with Crippen LogP contribution in [-0.4, -0.2) is 25.9 Å². The molecule has 2 amide bonds. The first-order chi connectivity index (χ1) is 13.8. The van der Waals surface area contributed by atoms with Gasteiger partial charge in [0, 0.05) is 35.9 Å². The van der Waals surface area contributed by atoms with E-state index in [0.717, 1.165) is 11.3 Å². The molecule has 0 spiro atoms. The summed E-state index contributed by atoms with van der Waals surface area (Å²) < 4.78 is 0. The molecule has 3 rings (SSSR count). The number of anilines is 3. The quantitative estimate of drug-likeness (QED) is 0.609. The molecule has 0 saturated heterocycles. The Kier molecular flexibility index (Phi) is 6.20. The van der Waals surface area contributed by atoms with Crippen molar-refractivity contribution in [2.45, 2.75) is 6.92 Å². The molecule has 0 heterocycles. The van der Waals surface area contributed by atoms with Crippen LogP contribution in [0.5, 0.6) is 0 Å². The van der Waals surface area contributed by atoms with Crippen molar-refractivity contribution in [1.29, 1.82) is 0 Å². The lowest BCUT2D eigenvalue weighted by atomic mass is 10.1. The van der Waals surface area contributed by atoms with Crippen molar-refractivity contribution in [3.63, 3.8) is 0 Å². The molecule has 2 N–H and O–H groups in total. The molecule has 3 aromatic carbocycles. The van der Waals surface area contributed by atoms with E-state index in [1.807, 2.05) is 38.1 Å². The van der Waals surface area contributed by atoms with Crippen molar-refractivity contribution < 1.29 is 9.59 Å². The third-order valence-corrected chi connectivity index (χ3v) is 4.71. The first kappa shape index (κ1) is 20.4. The molecule has 0 bridgehead atoms. The molecule has 0 fully saturated rings. The molecular weight excluding hydrogens is 386 g/mol.